The van der Waals surface area contributed by atoms with Crippen LogP contribution in [-0.4, -0.2) is 46.8 Å². The van der Waals surface area contributed by atoms with E-state index in [0.29, 0.717) is 23.7 Å². The van der Waals surface area contributed by atoms with Gasteiger partial charge in [0.05, 0.1) is 36.1 Å². The molecule has 1 heterocycles. The van der Waals surface area contributed by atoms with E-state index in [1.807, 2.05) is 6.92 Å². The second-order valence-electron chi connectivity index (χ2n) is 8.79. The minimum Gasteiger partial charge on any atom is -0.495 e. The van der Waals surface area contributed by atoms with Crippen molar-refractivity contribution in [1.82, 2.24) is 5.43 Å². The van der Waals surface area contributed by atoms with Crippen molar-refractivity contribution in [2.45, 2.75) is 18.7 Å². The van der Waals surface area contributed by atoms with Crippen LogP contribution in [0.4, 0.5) is 5.69 Å². The highest BCUT2D eigenvalue weighted by molar-refractivity contribution is 7.92. The molecule has 41 heavy (non-hydrogen) atoms. The van der Waals surface area contributed by atoms with Gasteiger partial charge in [0.25, 0.3) is 15.9 Å². The summed E-state index contributed by atoms with van der Waals surface area (Å²) in [4.78, 5) is 24.7. The van der Waals surface area contributed by atoms with Crippen LogP contribution >= 0.6 is 0 Å². The Morgan fingerprint density at radius 1 is 0.976 bits per heavy atom. The predicted molar refractivity (Wildman–Crippen MR) is 155 cm³/mol. The number of ether oxygens (including phenoxy) is 2. The number of carbonyl (C=O) groups is 2. The molecule has 3 aromatic carbocycles. The van der Waals surface area contributed by atoms with Crippen LogP contribution < -0.4 is 14.5 Å². The van der Waals surface area contributed by atoms with Gasteiger partial charge in [0.15, 0.2) is 0 Å². The van der Waals surface area contributed by atoms with Crippen LogP contribution in [0.25, 0.3) is 11.3 Å². The van der Waals surface area contributed by atoms with Crippen molar-refractivity contribution in [3.63, 3.8) is 0 Å². The Kier molecular flexibility index (Phi) is 9.20. The number of para-hydroxylation sites is 2. The molecule has 11 heteroatoms. The maximum absolute atomic E-state index is 13.6. The van der Waals surface area contributed by atoms with Gasteiger partial charge in [-0.05, 0) is 62.4 Å². The van der Waals surface area contributed by atoms with Gasteiger partial charge < -0.3 is 13.9 Å². The quantitative estimate of drug-likeness (QED) is 0.155. The smallest absolute Gasteiger partial charge is 0.338 e. The summed E-state index contributed by atoms with van der Waals surface area (Å²) in [5.41, 5.74) is 4.62. The third-order valence-corrected chi connectivity index (χ3v) is 7.71. The number of nitrogens with zero attached hydrogens (tertiary/aromatic N) is 2. The number of nitrogens with one attached hydrogen (secondary N) is 1. The minimum atomic E-state index is -4.12. The molecule has 4 aromatic rings. The Morgan fingerprint density at radius 3 is 2.37 bits per heavy atom. The summed E-state index contributed by atoms with van der Waals surface area (Å²) in [6.07, 6.45) is 1.30. The lowest BCUT2D eigenvalue weighted by Gasteiger charge is -2.25. The summed E-state index contributed by atoms with van der Waals surface area (Å²) in [5.74, 6) is 0.0865. The molecule has 0 unspecified atom stereocenters. The molecule has 1 N–H and O–H groups in total. The van der Waals surface area contributed by atoms with Gasteiger partial charge >= 0.3 is 5.97 Å². The predicted octanol–water partition coefficient (Wildman–Crippen LogP) is 4.79. The topological polar surface area (TPSA) is 128 Å². The lowest BCUT2D eigenvalue weighted by atomic mass is 10.1. The first-order valence-electron chi connectivity index (χ1n) is 12.6. The van der Waals surface area contributed by atoms with Crippen molar-refractivity contribution < 1.29 is 31.9 Å². The van der Waals surface area contributed by atoms with E-state index in [4.69, 9.17) is 13.9 Å². The number of esters is 1. The molecule has 0 radical (unpaired) electrons. The monoisotopic (exact) mass is 575 g/mol. The zero-order chi connectivity index (χ0) is 29.4. The molecule has 212 valence electrons. The van der Waals surface area contributed by atoms with E-state index in [-0.39, 0.29) is 16.3 Å². The minimum absolute atomic E-state index is 0.0312. The number of rotatable bonds is 11. The lowest BCUT2D eigenvalue weighted by Crippen LogP contribution is -2.39. The number of benzene rings is 3. The Balaban J connectivity index is 1.48. The van der Waals surface area contributed by atoms with Gasteiger partial charge in [0.2, 0.25) is 0 Å². The van der Waals surface area contributed by atoms with Crippen LogP contribution in [0.3, 0.4) is 0 Å². The first-order valence-corrected chi connectivity index (χ1v) is 14.1. The molecule has 1 aromatic heterocycles. The zero-order valence-corrected chi connectivity index (χ0v) is 23.6. The number of carbonyl (C=O) groups excluding carboxylic acids is 2. The van der Waals surface area contributed by atoms with Crippen LogP contribution in [0.15, 0.2) is 99.3 Å². The van der Waals surface area contributed by atoms with E-state index in [2.05, 4.69) is 10.5 Å². The number of aryl methyl sites for hydroxylation is 1. The first kappa shape index (κ1) is 29.1. The summed E-state index contributed by atoms with van der Waals surface area (Å²) in [7, 11) is -2.70. The Labute approximate surface area is 238 Å². The average molecular weight is 576 g/mol. The van der Waals surface area contributed by atoms with Crippen LogP contribution in [0.2, 0.25) is 0 Å². The summed E-state index contributed by atoms with van der Waals surface area (Å²) in [5, 5.41) is 3.93. The SMILES string of the molecule is CCOC(=O)c1ccc(-c2ccc(C=NNC(=O)CN(c3ccccc3OC)S(=O)(=O)c3ccc(C)cc3)o2)cc1. The van der Waals surface area contributed by atoms with Crippen LogP contribution in [0.5, 0.6) is 5.75 Å². The summed E-state index contributed by atoms with van der Waals surface area (Å²) in [6, 6.07) is 23.0. The van der Waals surface area contributed by atoms with Gasteiger partial charge in [-0.3, -0.25) is 9.10 Å². The van der Waals surface area contributed by atoms with Gasteiger partial charge in [-0.2, -0.15) is 5.10 Å². The number of amides is 1. The van der Waals surface area contributed by atoms with Crippen molar-refractivity contribution in [1.29, 1.82) is 0 Å². The highest BCUT2D eigenvalue weighted by atomic mass is 32.2. The third kappa shape index (κ3) is 7.00. The van der Waals surface area contributed by atoms with Crippen LogP contribution in [-0.2, 0) is 19.6 Å². The number of furan rings is 1. The summed E-state index contributed by atoms with van der Waals surface area (Å²) >= 11 is 0. The van der Waals surface area contributed by atoms with E-state index in [1.165, 1.54) is 25.5 Å². The normalized spacial score (nSPS) is 11.3. The highest BCUT2D eigenvalue weighted by Gasteiger charge is 2.29. The second kappa shape index (κ2) is 13.0. The molecule has 0 aliphatic carbocycles. The van der Waals surface area contributed by atoms with Gasteiger partial charge in [-0.1, -0.05) is 42.0 Å². The van der Waals surface area contributed by atoms with Gasteiger partial charge in [-0.15, -0.1) is 0 Å². The largest absolute Gasteiger partial charge is 0.495 e. The van der Waals surface area contributed by atoms with E-state index in [9.17, 15) is 18.0 Å². The molecule has 0 saturated carbocycles. The first-order chi connectivity index (χ1) is 19.7. The fourth-order valence-corrected chi connectivity index (χ4v) is 5.30. The van der Waals surface area contributed by atoms with E-state index >= 15 is 0 Å². The molecule has 1 amide bonds. The number of methoxy groups -OCH3 is 1. The molecule has 0 aliphatic rings. The molecule has 0 atom stereocenters. The van der Waals surface area contributed by atoms with Gasteiger partial charge in [0.1, 0.15) is 23.8 Å². The molecule has 4 rings (SSSR count). The molecule has 0 spiro atoms. The number of hydrogen-bond donors (Lipinski definition) is 1. The third-order valence-electron chi connectivity index (χ3n) is 5.94. The van der Waals surface area contributed by atoms with E-state index in [0.717, 1.165) is 15.4 Å². The summed E-state index contributed by atoms with van der Waals surface area (Å²) in [6.45, 7) is 3.33. The lowest BCUT2D eigenvalue weighted by molar-refractivity contribution is -0.119. The van der Waals surface area contributed by atoms with Crippen molar-refractivity contribution in [2.75, 3.05) is 24.6 Å². The maximum Gasteiger partial charge on any atom is 0.338 e. The molecular weight excluding hydrogens is 546 g/mol. The highest BCUT2D eigenvalue weighted by Crippen LogP contribution is 2.32. The summed E-state index contributed by atoms with van der Waals surface area (Å²) < 4.78 is 44.3. The van der Waals surface area contributed by atoms with E-state index in [1.54, 1.807) is 79.7 Å². The molecule has 0 bridgehead atoms. The van der Waals surface area contributed by atoms with Gasteiger partial charge in [0, 0.05) is 5.56 Å². The average Bonchev–Trinajstić information content (AvgIpc) is 3.45. The Hall–Kier alpha value is -4.90. The number of anilines is 1. The van der Waals surface area contributed by atoms with Crippen molar-refractivity contribution in [3.8, 4) is 17.1 Å². The number of hydrazone groups is 1. The van der Waals surface area contributed by atoms with Crippen LogP contribution in [0.1, 0.15) is 28.6 Å². The van der Waals surface area contributed by atoms with Crippen LogP contribution in [0, 0.1) is 6.92 Å². The molecule has 10 nitrogen and oxygen atoms in total. The fraction of sp³-hybridized carbons (Fsp3) is 0.167. The molecule has 0 fully saturated rings. The standard InChI is InChI=1S/C30H29N3O7S/c1-4-39-30(35)23-13-11-22(12-14-23)27-18-15-24(40-27)19-31-32-29(34)20-33(26-7-5-6-8-28(26)38-3)41(36,37)25-16-9-21(2)10-17-25/h5-19H,4,20H2,1-3H3,(H,32,34). The zero-order valence-electron chi connectivity index (χ0n) is 22.7. The Morgan fingerprint density at radius 2 is 1.68 bits per heavy atom. The van der Waals surface area contributed by atoms with Crippen molar-refractivity contribution in [2.24, 2.45) is 5.10 Å². The maximum atomic E-state index is 13.6. The molecular formula is C30H29N3O7S. The Bertz CT molecular complexity index is 1640. The van der Waals surface area contributed by atoms with Crippen molar-refractivity contribution >= 4 is 33.8 Å². The van der Waals surface area contributed by atoms with Crippen molar-refractivity contribution in [3.05, 3.63) is 102 Å². The fourth-order valence-electron chi connectivity index (χ4n) is 3.87. The molecule has 0 saturated heterocycles. The number of sulfonamides is 1. The molecule has 0 aliphatic heterocycles. The number of hydrogen-bond acceptors (Lipinski definition) is 8. The van der Waals surface area contributed by atoms with Gasteiger partial charge in [-0.25, -0.2) is 18.6 Å². The second-order valence-corrected chi connectivity index (χ2v) is 10.7. The van der Waals surface area contributed by atoms with E-state index < -0.39 is 28.4 Å².